The van der Waals surface area contributed by atoms with Gasteiger partial charge in [0.25, 0.3) is 0 Å². The van der Waals surface area contributed by atoms with Crippen LogP contribution in [0.25, 0.3) is 0 Å². The molecule has 94 valence electrons. The van der Waals surface area contributed by atoms with Crippen LogP contribution >= 0.6 is 27.5 Å². The summed E-state index contributed by atoms with van der Waals surface area (Å²) in [7, 11) is 1.88. The molecule has 1 aromatic carbocycles. The molecule has 3 nitrogen and oxygen atoms in total. The van der Waals surface area contributed by atoms with E-state index in [9.17, 15) is 0 Å². The van der Waals surface area contributed by atoms with Crippen LogP contribution in [0.2, 0.25) is 5.02 Å². The monoisotopic (exact) mass is 326 g/mol. The van der Waals surface area contributed by atoms with E-state index in [0.29, 0.717) is 23.2 Å². The minimum atomic E-state index is 0.561. The zero-order valence-corrected chi connectivity index (χ0v) is 12.1. The third kappa shape index (κ3) is 3.45. The molecule has 2 aromatic rings. The van der Waals surface area contributed by atoms with E-state index in [4.69, 9.17) is 16.3 Å². The number of rotatable bonds is 4. The molecule has 0 atom stereocenters. The highest BCUT2D eigenvalue weighted by Crippen LogP contribution is 2.31. The Kier molecular flexibility index (Phi) is 4.58. The predicted octanol–water partition coefficient (Wildman–Crippen LogP) is 4.01. The zero-order chi connectivity index (χ0) is 13.0. The smallest absolute Gasteiger partial charge is 0.219 e. The Morgan fingerprint density at radius 2 is 2.17 bits per heavy atom. The summed E-state index contributed by atoms with van der Waals surface area (Å²) in [5.41, 5.74) is 0.931. The molecule has 0 saturated carbocycles. The van der Waals surface area contributed by atoms with E-state index in [1.807, 2.05) is 25.2 Å². The van der Waals surface area contributed by atoms with Crippen molar-refractivity contribution in [1.82, 2.24) is 10.3 Å². The number of hydrogen-bond acceptors (Lipinski definition) is 3. The van der Waals surface area contributed by atoms with Crippen molar-refractivity contribution in [3.05, 3.63) is 51.6 Å². The first-order valence-electron chi connectivity index (χ1n) is 5.42. The van der Waals surface area contributed by atoms with E-state index in [2.05, 4.69) is 26.2 Å². The van der Waals surface area contributed by atoms with Gasteiger partial charge >= 0.3 is 0 Å². The summed E-state index contributed by atoms with van der Waals surface area (Å²) in [6.45, 7) is 0.707. The van der Waals surface area contributed by atoms with Gasteiger partial charge in [0.1, 0.15) is 5.75 Å². The van der Waals surface area contributed by atoms with Gasteiger partial charge in [0.2, 0.25) is 5.88 Å². The summed E-state index contributed by atoms with van der Waals surface area (Å²) in [6.07, 6.45) is 0. The highest BCUT2D eigenvalue weighted by atomic mass is 79.9. The fraction of sp³-hybridized carbons (Fsp3) is 0.154. The summed E-state index contributed by atoms with van der Waals surface area (Å²) in [6, 6.07) is 11.0. The number of nitrogens with zero attached hydrogens (tertiary/aromatic N) is 1. The standard InChI is InChI=1S/C13H12BrClN2O/c1-16-8-10-3-2-4-13(17-10)18-12-6-5-9(15)7-11(12)14/h2-7,16H,8H2,1H3. The second-order valence-electron chi connectivity index (χ2n) is 3.67. The Hall–Kier alpha value is -1.10. The molecule has 0 aliphatic rings. The molecule has 0 saturated heterocycles. The summed E-state index contributed by atoms with van der Waals surface area (Å²) in [5.74, 6) is 1.25. The van der Waals surface area contributed by atoms with E-state index in [-0.39, 0.29) is 0 Å². The molecule has 0 aliphatic carbocycles. The van der Waals surface area contributed by atoms with Crippen LogP contribution in [0.3, 0.4) is 0 Å². The molecule has 5 heteroatoms. The van der Waals surface area contributed by atoms with Crippen molar-refractivity contribution in [2.75, 3.05) is 7.05 Å². The normalized spacial score (nSPS) is 10.4. The van der Waals surface area contributed by atoms with Crippen LogP contribution in [0.4, 0.5) is 0 Å². The zero-order valence-electron chi connectivity index (χ0n) is 9.78. The van der Waals surface area contributed by atoms with Gasteiger partial charge in [0.05, 0.1) is 10.2 Å². The van der Waals surface area contributed by atoms with Crippen LogP contribution in [0.5, 0.6) is 11.6 Å². The number of ether oxygens (including phenoxy) is 1. The van der Waals surface area contributed by atoms with E-state index in [1.54, 1.807) is 18.2 Å². The van der Waals surface area contributed by atoms with Crippen LogP contribution < -0.4 is 10.1 Å². The van der Waals surface area contributed by atoms with Gasteiger partial charge in [-0.2, -0.15) is 0 Å². The summed E-state index contributed by atoms with van der Waals surface area (Å²) in [4.78, 5) is 4.38. The molecule has 1 heterocycles. The van der Waals surface area contributed by atoms with Crippen LogP contribution in [0, 0.1) is 0 Å². The van der Waals surface area contributed by atoms with Gasteiger partial charge in [-0.15, -0.1) is 0 Å². The van der Waals surface area contributed by atoms with Gasteiger partial charge in [0, 0.05) is 17.6 Å². The van der Waals surface area contributed by atoms with Crippen molar-refractivity contribution in [3.63, 3.8) is 0 Å². The molecule has 0 fully saturated rings. The highest BCUT2D eigenvalue weighted by Gasteiger charge is 2.05. The summed E-state index contributed by atoms with van der Waals surface area (Å²) in [5, 5.41) is 3.71. The van der Waals surface area contributed by atoms with Crippen molar-refractivity contribution in [2.45, 2.75) is 6.54 Å². The van der Waals surface area contributed by atoms with E-state index in [1.165, 1.54) is 0 Å². The predicted molar refractivity (Wildman–Crippen MR) is 76.2 cm³/mol. The molecule has 0 spiro atoms. The lowest BCUT2D eigenvalue weighted by Crippen LogP contribution is -2.06. The largest absolute Gasteiger partial charge is 0.438 e. The molecule has 1 aromatic heterocycles. The van der Waals surface area contributed by atoms with Gasteiger partial charge in [0.15, 0.2) is 0 Å². The first-order chi connectivity index (χ1) is 8.69. The fourth-order valence-electron chi connectivity index (χ4n) is 1.46. The maximum absolute atomic E-state index is 5.88. The van der Waals surface area contributed by atoms with Crippen molar-refractivity contribution in [1.29, 1.82) is 0 Å². The van der Waals surface area contributed by atoms with Crippen LogP contribution in [-0.4, -0.2) is 12.0 Å². The molecule has 18 heavy (non-hydrogen) atoms. The number of benzene rings is 1. The Labute approximate surface area is 119 Å². The minimum absolute atomic E-state index is 0.561. The van der Waals surface area contributed by atoms with Gasteiger partial charge in [-0.05, 0) is 47.2 Å². The van der Waals surface area contributed by atoms with Crippen molar-refractivity contribution < 1.29 is 4.74 Å². The molecule has 2 rings (SSSR count). The van der Waals surface area contributed by atoms with Crippen LogP contribution in [-0.2, 0) is 6.54 Å². The molecule has 1 N–H and O–H groups in total. The number of pyridine rings is 1. The quantitative estimate of drug-likeness (QED) is 0.921. The molecule has 0 bridgehead atoms. The number of aromatic nitrogens is 1. The lowest BCUT2D eigenvalue weighted by molar-refractivity contribution is 0.457. The Morgan fingerprint density at radius 1 is 1.33 bits per heavy atom. The van der Waals surface area contributed by atoms with E-state index in [0.717, 1.165) is 10.2 Å². The van der Waals surface area contributed by atoms with E-state index < -0.39 is 0 Å². The number of halogens is 2. The van der Waals surface area contributed by atoms with Crippen molar-refractivity contribution in [2.24, 2.45) is 0 Å². The number of nitrogens with one attached hydrogen (secondary N) is 1. The molecule has 0 radical (unpaired) electrons. The molecular weight excluding hydrogens is 316 g/mol. The average molecular weight is 328 g/mol. The minimum Gasteiger partial charge on any atom is -0.438 e. The SMILES string of the molecule is CNCc1cccc(Oc2ccc(Cl)cc2Br)n1. The maximum Gasteiger partial charge on any atom is 0.219 e. The second kappa shape index (κ2) is 6.18. The first kappa shape index (κ1) is 13.3. The molecule has 0 aliphatic heterocycles. The lowest BCUT2D eigenvalue weighted by atomic mass is 10.3. The Bertz CT molecular complexity index is 548. The third-order valence-electron chi connectivity index (χ3n) is 2.25. The average Bonchev–Trinajstić information content (AvgIpc) is 2.34. The Balaban J connectivity index is 2.20. The maximum atomic E-state index is 5.88. The topological polar surface area (TPSA) is 34.1 Å². The lowest BCUT2D eigenvalue weighted by Gasteiger charge is -2.08. The van der Waals surface area contributed by atoms with Gasteiger partial charge in [-0.3, -0.25) is 0 Å². The fourth-order valence-corrected chi connectivity index (χ4v) is 2.23. The molecule has 0 amide bonds. The van der Waals surface area contributed by atoms with Gasteiger partial charge in [-0.1, -0.05) is 17.7 Å². The van der Waals surface area contributed by atoms with Crippen molar-refractivity contribution >= 4 is 27.5 Å². The second-order valence-corrected chi connectivity index (χ2v) is 4.97. The first-order valence-corrected chi connectivity index (χ1v) is 6.59. The van der Waals surface area contributed by atoms with Crippen molar-refractivity contribution in [3.8, 4) is 11.6 Å². The van der Waals surface area contributed by atoms with Gasteiger partial charge < -0.3 is 10.1 Å². The summed E-state index contributed by atoms with van der Waals surface area (Å²) >= 11 is 9.28. The van der Waals surface area contributed by atoms with Crippen LogP contribution in [0.1, 0.15) is 5.69 Å². The molecular formula is C13H12BrClN2O. The number of hydrogen-bond donors (Lipinski definition) is 1. The van der Waals surface area contributed by atoms with Crippen LogP contribution in [0.15, 0.2) is 40.9 Å². The third-order valence-corrected chi connectivity index (χ3v) is 3.10. The highest BCUT2D eigenvalue weighted by molar-refractivity contribution is 9.10. The van der Waals surface area contributed by atoms with Gasteiger partial charge in [-0.25, -0.2) is 4.98 Å². The van der Waals surface area contributed by atoms with E-state index >= 15 is 0 Å². The molecule has 0 unspecified atom stereocenters. The Morgan fingerprint density at radius 3 is 2.89 bits per heavy atom. The summed E-state index contributed by atoms with van der Waals surface area (Å²) < 4.78 is 6.51.